The highest BCUT2D eigenvalue weighted by atomic mass is 16.5. The normalized spacial score (nSPS) is 40.6. The third-order valence-electron chi connectivity index (χ3n) is 8.15. The Balaban J connectivity index is 1.52. The highest BCUT2D eigenvalue weighted by Gasteiger charge is 2.73. The molecule has 1 amide bonds. The molecule has 2 heterocycles. The summed E-state index contributed by atoms with van der Waals surface area (Å²) in [6.07, 6.45) is 5.22. The number of benzene rings is 1. The zero-order valence-electron chi connectivity index (χ0n) is 16.3. The molecule has 5 aliphatic rings. The summed E-state index contributed by atoms with van der Waals surface area (Å²) in [5, 5.41) is 25.8. The third kappa shape index (κ3) is 1.98. The van der Waals surface area contributed by atoms with Gasteiger partial charge >= 0.3 is 0 Å². The van der Waals surface area contributed by atoms with Crippen molar-refractivity contribution >= 4 is 5.91 Å². The van der Waals surface area contributed by atoms with Crippen LogP contribution in [0, 0.1) is 5.92 Å². The Kier molecular flexibility index (Phi) is 3.31. The number of aliphatic hydroxyl groups is 1. The lowest BCUT2D eigenvalue weighted by Gasteiger charge is -2.64. The first-order valence-electron chi connectivity index (χ1n) is 10.7. The molecule has 28 heavy (non-hydrogen) atoms. The third-order valence-corrected chi connectivity index (χ3v) is 8.15. The molecule has 6 heteroatoms. The van der Waals surface area contributed by atoms with Crippen molar-refractivity contribution in [1.29, 1.82) is 0 Å². The highest BCUT2D eigenvalue weighted by Crippen LogP contribution is 2.65. The van der Waals surface area contributed by atoms with Gasteiger partial charge in [-0.3, -0.25) is 9.69 Å². The predicted octanol–water partition coefficient (Wildman–Crippen LogP) is 1.46. The van der Waals surface area contributed by atoms with Crippen molar-refractivity contribution in [2.24, 2.45) is 5.92 Å². The molecule has 3 aliphatic carbocycles. The number of amides is 1. The Labute approximate surface area is 164 Å². The van der Waals surface area contributed by atoms with Gasteiger partial charge in [0.15, 0.2) is 11.5 Å². The lowest BCUT2D eigenvalue weighted by atomic mass is 9.48. The van der Waals surface area contributed by atoms with E-state index in [0.29, 0.717) is 18.6 Å². The Morgan fingerprint density at radius 2 is 2.14 bits per heavy atom. The second-order valence-corrected chi connectivity index (χ2v) is 9.64. The minimum Gasteiger partial charge on any atom is -0.504 e. The fraction of sp³-hybridized carbons (Fsp3) is 0.682. The maximum atomic E-state index is 12.2. The summed E-state index contributed by atoms with van der Waals surface area (Å²) < 4.78 is 6.37. The molecule has 150 valence electrons. The van der Waals surface area contributed by atoms with Gasteiger partial charge in [-0.2, -0.15) is 0 Å². The standard InChI is InChI=1S/C22H28N2O4/c1-12(25)23-15-6-7-22(27)17-10-14-4-5-16(26)19-18(14)21(22,20(15)28-19)8-9-24(17)11-13-2-3-13/h4-5,13,15,17,20,26-27H,2-3,6-11H2,1H3,(H,23,25)/t15-,17+,20-,21-,22+/m0/s1. The van der Waals surface area contributed by atoms with Crippen LogP contribution in [-0.4, -0.2) is 57.9 Å². The van der Waals surface area contributed by atoms with Crippen LogP contribution >= 0.6 is 0 Å². The van der Waals surface area contributed by atoms with E-state index in [9.17, 15) is 15.0 Å². The zero-order chi connectivity index (χ0) is 19.3. The largest absolute Gasteiger partial charge is 0.504 e. The van der Waals surface area contributed by atoms with Crippen molar-refractivity contribution < 1.29 is 19.7 Å². The first kappa shape index (κ1) is 17.1. The van der Waals surface area contributed by atoms with Gasteiger partial charge in [0, 0.05) is 25.1 Å². The molecular formula is C22H28N2O4. The van der Waals surface area contributed by atoms with E-state index in [1.54, 1.807) is 6.07 Å². The molecular weight excluding hydrogens is 356 g/mol. The summed E-state index contributed by atoms with van der Waals surface area (Å²) in [6, 6.07) is 3.66. The Bertz CT molecular complexity index is 868. The van der Waals surface area contributed by atoms with Crippen molar-refractivity contribution in [1.82, 2.24) is 10.2 Å². The van der Waals surface area contributed by atoms with Crippen LogP contribution in [0.5, 0.6) is 11.5 Å². The molecule has 1 aromatic rings. The Hall–Kier alpha value is -1.79. The molecule has 0 unspecified atom stereocenters. The van der Waals surface area contributed by atoms with E-state index in [4.69, 9.17) is 4.74 Å². The number of carbonyl (C=O) groups excluding carboxylic acids is 1. The quantitative estimate of drug-likeness (QED) is 0.735. The van der Waals surface area contributed by atoms with Crippen molar-refractivity contribution in [3.05, 3.63) is 23.3 Å². The number of phenolic OH excluding ortho intramolecular Hbond substituents is 1. The topological polar surface area (TPSA) is 82.0 Å². The maximum Gasteiger partial charge on any atom is 0.217 e. The molecule has 0 radical (unpaired) electrons. The van der Waals surface area contributed by atoms with Gasteiger partial charge in [-0.1, -0.05) is 6.07 Å². The fourth-order valence-electron chi connectivity index (χ4n) is 6.89. The van der Waals surface area contributed by atoms with Crippen LogP contribution < -0.4 is 10.1 Å². The molecule has 1 aromatic carbocycles. The van der Waals surface area contributed by atoms with Gasteiger partial charge < -0.3 is 20.3 Å². The Morgan fingerprint density at radius 1 is 1.32 bits per heavy atom. The number of aromatic hydroxyl groups is 1. The van der Waals surface area contributed by atoms with Gasteiger partial charge in [-0.25, -0.2) is 0 Å². The molecule has 3 N–H and O–H groups in total. The Morgan fingerprint density at radius 3 is 2.89 bits per heavy atom. The van der Waals surface area contributed by atoms with E-state index >= 15 is 0 Å². The van der Waals surface area contributed by atoms with Gasteiger partial charge in [0.2, 0.25) is 5.91 Å². The zero-order valence-corrected chi connectivity index (χ0v) is 16.3. The molecule has 2 saturated carbocycles. The number of likely N-dealkylation sites (tertiary alicyclic amines) is 1. The summed E-state index contributed by atoms with van der Waals surface area (Å²) in [5.41, 5.74) is 0.766. The van der Waals surface area contributed by atoms with E-state index in [1.165, 1.54) is 25.3 Å². The monoisotopic (exact) mass is 384 g/mol. The molecule has 0 aromatic heterocycles. The molecule has 3 fully saturated rings. The summed E-state index contributed by atoms with van der Waals surface area (Å²) in [4.78, 5) is 14.4. The van der Waals surface area contributed by atoms with Gasteiger partial charge in [0.05, 0.1) is 17.1 Å². The molecule has 6 nitrogen and oxygen atoms in total. The maximum absolute atomic E-state index is 12.2. The van der Waals surface area contributed by atoms with Crippen molar-refractivity contribution in [3.63, 3.8) is 0 Å². The van der Waals surface area contributed by atoms with Crippen molar-refractivity contribution in [3.8, 4) is 11.5 Å². The number of piperidine rings is 1. The minimum absolute atomic E-state index is 0.0747. The minimum atomic E-state index is -0.883. The van der Waals surface area contributed by atoms with Gasteiger partial charge in [0.1, 0.15) is 6.10 Å². The summed E-state index contributed by atoms with van der Waals surface area (Å²) >= 11 is 0. The van der Waals surface area contributed by atoms with Crippen molar-refractivity contribution in [2.45, 2.75) is 74.7 Å². The average Bonchev–Trinajstić information content (AvgIpc) is 3.38. The van der Waals surface area contributed by atoms with Crippen LogP contribution in [0.3, 0.4) is 0 Å². The number of carbonyl (C=O) groups is 1. The molecule has 5 atom stereocenters. The molecule has 2 bridgehead atoms. The van der Waals surface area contributed by atoms with E-state index in [2.05, 4.69) is 10.2 Å². The number of ether oxygens (including phenoxy) is 1. The molecule has 1 saturated heterocycles. The molecule has 2 aliphatic heterocycles. The van der Waals surface area contributed by atoms with Gasteiger partial charge in [0.25, 0.3) is 0 Å². The van der Waals surface area contributed by atoms with Crippen molar-refractivity contribution in [2.75, 3.05) is 13.1 Å². The summed E-state index contributed by atoms with van der Waals surface area (Å²) in [6.45, 7) is 3.54. The van der Waals surface area contributed by atoms with Crippen LogP contribution in [0.4, 0.5) is 0 Å². The lowest BCUT2D eigenvalue weighted by molar-refractivity contribution is -0.192. The summed E-state index contributed by atoms with van der Waals surface area (Å²) in [7, 11) is 0. The number of rotatable bonds is 3. The smallest absolute Gasteiger partial charge is 0.217 e. The number of nitrogens with zero attached hydrogens (tertiary/aromatic N) is 1. The van der Waals surface area contributed by atoms with Crippen LogP contribution in [-0.2, 0) is 16.6 Å². The van der Waals surface area contributed by atoms with Gasteiger partial charge in [-0.15, -0.1) is 0 Å². The number of hydrogen-bond acceptors (Lipinski definition) is 5. The van der Waals surface area contributed by atoms with E-state index in [-0.39, 0.29) is 29.8 Å². The average molecular weight is 384 g/mol. The van der Waals surface area contributed by atoms with E-state index in [1.807, 2.05) is 6.07 Å². The first-order chi connectivity index (χ1) is 13.4. The summed E-state index contributed by atoms with van der Waals surface area (Å²) in [5.74, 6) is 1.38. The van der Waals surface area contributed by atoms with E-state index in [0.717, 1.165) is 37.4 Å². The number of hydrogen-bond donors (Lipinski definition) is 3. The fourth-order valence-corrected chi connectivity index (χ4v) is 6.89. The SMILES string of the molecule is CC(=O)N[C@H]1CC[C@@]2(O)[C@H]3Cc4ccc(O)c5c4[C@@]2(CCN3CC2CC2)[C@H]1O5. The molecule has 1 spiro atoms. The second-order valence-electron chi connectivity index (χ2n) is 9.64. The lowest BCUT2D eigenvalue weighted by Crippen LogP contribution is -2.78. The van der Waals surface area contributed by atoms with Crippen LogP contribution in [0.15, 0.2) is 12.1 Å². The van der Waals surface area contributed by atoms with E-state index < -0.39 is 11.0 Å². The van der Waals surface area contributed by atoms with Gasteiger partial charge in [-0.05, 0) is 62.6 Å². The molecule has 6 rings (SSSR count). The van der Waals surface area contributed by atoms with Crippen LogP contribution in [0.2, 0.25) is 0 Å². The highest BCUT2D eigenvalue weighted by molar-refractivity contribution is 5.73. The van der Waals surface area contributed by atoms with Crippen LogP contribution in [0.25, 0.3) is 0 Å². The van der Waals surface area contributed by atoms with Crippen LogP contribution in [0.1, 0.15) is 50.2 Å². The second kappa shape index (κ2) is 5.42. The first-order valence-corrected chi connectivity index (χ1v) is 10.7. The number of phenols is 1. The predicted molar refractivity (Wildman–Crippen MR) is 102 cm³/mol. The number of nitrogens with one attached hydrogen (secondary N) is 1.